The second-order valence-corrected chi connectivity index (χ2v) is 11.5. The van der Waals surface area contributed by atoms with Gasteiger partial charge in [-0.05, 0) is 51.4 Å². The summed E-state index contributed by atoms with van der Waals surface area (Å²) in [6, 6.07) is 0. The molecule has 5 atom stereocenters. The van der Waals surface area contributed by atoms with E-state index in [1.807, 2.05) is 6.08 Å². The molecule has 0 aliphatic carbocycles. The SMILES string of the molecule is C=CCCCCCC(O)CCCCCC[C@H](O)[C@@H]1CC[C@H]([C@H](O)CCCCCCCCCCCC)O1. The molecule has 1 rings (SSSR count). The van der Waals surface area contributed by atoms with E-state index >= 15 is 0 Å². The van der Waals surface area contributed by atoms with E-state index in [4.69, 9.17) is 4.74 Å². The average molecular weight is 511 g/mol. The highest BCUT2D eigenvalue weighted by atomic mass is 16.5. The molecule has 0 amide bonds. The summed E-state index contributed by atoms with van der Waals surface area (Å²) >= 11 is 0. The third kappa shape index (κ3) is 17.9. The molecule has 214 valence electrons. The normalized spacial score (nSPS) is 20.4. The smallest absolute Gasteiger partial charge is 0.0840 e. The van der Waals surface area contributed by atoms with Crippen LogP contribution in [0.1, 0.15) is 161 Å². The molecule has 1 aliphatic heterocycles. The van der Waals surface area contributed by atoms with Crippen molar-refractivity contribution in [2.45, 2.75) is 192 Å². The lowest BCUT2D eigenvalue weighted by Gasteiger charge is -2.22. The van der Waals surface area contributed by atoms with E-state index in [0.717, 1.165) is 83.5 Å². The molecule has 0 aromatic carbocycles. The first kappa shape index (κ1) is 33.6. The molecule has 0 saturated carbocycles. The van der Waals surface area contributed by atoms with Gasteiger partial charge in [0.15, 0.2) is 0 Å². The van der Waals surface area contributed by atoms with Crippen LogP contribution in [0.5, 0.6) is 0 Å². The quantitative estimate of drug-likeness (QED) is 0.0807. The Hall–Kier alpha value is -0.420. The van der Waals surface area contributed by atoms with E-state index in [0.29, 0.717) is 0 Å². The number of aliphatic hydroxyl groups is 3. The Labute approximate surface area is 224 Å². The summed E-state index contributed by atoms with van der Waals surface area (Å²) in [5.41, 5.74) is 0. The summed E-state index contributed by atoms with van der Waals surface area (Å²) in [5.74, 6) is 0. The minimum absolute atomic E-state index is 0.0959. The van der Waals surface area contributed by atoms with Gasteiger partial charge in [-0.25, -0.2) is 0 Å². The van der Waals surface area contributed by atoms with Crippen LogP contribution in [0.3, 0.4) is 0 Å². The highest BCUT2D eigenvalue weighted by molar-refractivity contribution is 4.83. The monoisotopic (exact) mass is 510 g/mol. The first-order valence-electron chi connectivity index (χ1n) is 15.9. The second kappa shape index (κ2) is 23.7. The maximum absolute atomic E-state index is 10.6. The zero-order valence-corrected chi connectivity index (χ0v) is 23.9. The molecule has 1 saturated heterocycles. The Kier molecular flexibility index (Phi) is 22.1. The van der Waals surface area contributed by atoms with Crippen molar-refractivity contribution in [2.24, 2.45) is 0 Å². The minimum Gasteiger partial charge on any atom is -0.393 e. The van der Waals surface area contributed by atoms with Crippen LogP contribution in [0.2, 0.25) is 0 Å². The molecule has 0 aromatic heterocycles. The van der Waals surface area contributed by atoms with E-state index < -0.39 is 6.10 Å². The molecule has 1 aliphatic rings. The Morgan fingerprint density at radius 2 is 1.00 bits per heavy atom. The van der Waals surface area contributed by atoms with Crippen LogP contribution >= 0.6 is 0 Å². The van der Waals surface area contributed by atoms with Gasteiger partial charge < -0.3 is 20.1 Å². The summed E-state index contributed by atoms with van der Waals surface area (Å²) in [5, 5.41) is 31.2. The van der Waals surface area contributed by atoms with Gasteiger partial charge in [0.05, 0.1) is 30.5 Å². The van der Waals surface area contributed by atoms with E-state index in [-0.39, 0.29) is 24.4 Å². The number of unbranched alkanes of at least 4 members (excludes halogenated alkanes) is 15. The van der Waals surface area contributed by atoms with E-state index in [1.54, 1.807) is 0 Å². The van der Waals surface area contributed by atoms with Gasteiger partial charge in [0, 0.05) is 0 Å². The molecule has 3 N–H and O–H groups in total. The molecule has 0 radical (unpaired) electrons. The molecule has 1 unspecified atom stereocenters. The highest BCUT2D eigenvalue weighted by Gasteiger charge is 2.33. The van der Waals surface area contributed by atoms with Crippen LogP contribution < -0.4 is 0 Å². The fraction of sp³-hybridized carbons (Fsp3) is 0.938. The zero-order chi connectivity index (χ0) is 26.3. The molecule has 0 bridgehead atoms. The average Bonchev–Trinajstić information content (AvgIpc) is 3.37. The van der Waals surface area contributed by atoms with E-state index in [9.17, 15) is 15.3 Å². The van der Waals surface area contributed by atoms with Gasteiger partial charge in [0.25, 0.3) is 0 Å². The predicted octanol–water partition coefficient (Wildman–Crippen LogP) is 8.40. The fourth-order valence-corrected chi connectivity index (χ4v) is 5.54. The maximum atomic E-state index is 10.6. The number of hydrogen-bond acceptors (Lipinski definition) is 4. The largest absolute Gasteiger partial charge is 0.393 e. The molecule has 1 fully saturated rings. The standard InChI is InChI=1S/C32H62O4/c1-3-5-7-9-10-11-12-13-15-20-24-29(34)31-26-27-32(36-31)30(35)25-21-17-16-19-23-28(33)22-18-14-8-6-4-2/h4,28-35H,2-3,5-27H2,1H3/t28?,29-,30+,31-,32+/m1/s1. The Morgan fingerprint density at radius 1 is 0.611 bits per heavy atom. The Balaban J connectivity index is 1.97. The van der Waals surface area contributed by atoms with Gasteiger partial charge >= 0.3 is 0 Å². The highest BCUT2D eigenvalue weighted by Crippen LogP contribution is 2.28. The third-order valence-corrected chi connectivity index (χ3v) is 8.03. The van der Waals surface area contributed by atoms with Crippen LogP contribution in [0.15, 0.2) is 12.7 Å². The zero-order valence-electron chi connectivity index (χ0n) is 23.9. The summed E-state index contributed by atoms with van der Waals surface area (Å²) < 4.78 is 6.06. The van der Waals surface area contributed by atoms with Crippen molar-refractivity contribution >= 4 is 0 Å². The molecule has 0 aromatic rings. The maximum Gasteiger partial charge on any atom is 0.0840 e. The van der Waals surface area contributed by atoms with Crippen molar-refractivity contribution < 1.29 is 20.1 Å². The number of ether oxygens (including phenoxy) is 1. The third-order valence-electron chi connectivity index (χ3n) is 8.03. The van der Waals surface area contributed by atoms with Crippen molar-refractivity contribution in [1.82, 2.24) is 0 Å². The van der Waals surface area contributed by atoms with Gasteiger partial charge in [-0.15, -0.1) is 6.58 Å². The summed E-state index contributed by atoms with van der Waals surface area (Å²) in [6.07, 6.45) is 27.9. The number of aliphatic hydroxyl groups excluding tert-OH is 3. The number of rotatable bonds is 26. The lowest BCUT2D eigenvalue weighted by atomic mass is 9.99. The molecular weight excluding hydrogens is 448 g/mol. The van der Waals surface area contributed by atoms with E-state index in [2.05, 4.69) is 13.5 Å². The van der Waals surface area contributed by atoms with Crippen LogP contribution in [-0.4, -0.2) is 45.8 Å². The minimum atomic E-state index is -0.416. The molecule has 4 nitrogen and oxygen atoms in total. The number of allylic oxidation sites excluding steroid dienone is 1. The second-order valence-electron chi connectivity index (χ2n) is 11.5. The summed E-state index contributed by atoms with van der Waals surface area (Å²) in [7, 11) is 0. The molecular formula is C32H62O4. The predicted molar refractivity (Wildman–Crippen MR) is 153 cm³/mol. The Morgan fingerprint density at radius 3 is 1.44 bits per heavy atom. The Bertz CT molecular complexity index is 483. The topological polar surface area (TPSA) is 69.9 Å². The molecule has 1 heterocycles. The molecule has 0 spiro atoms. The van der Waals surface area contributed by atoms with Crippen molar-refractivity contribution in [3.05, 3.63) is 12.7 Å². The first-order valence-corrected chi connectivity index (χ1v) is 15.9. The summed E-state index contributed by atoms with van der Waals surface area (Å²) in [6.45, 7) is 6.01. The fourth-order valence-electron chi connectivity index (χ4n) is 5.54. The van der Waals surface area contributed by atoms with Crippen molar-refractivity contribution in [1.29, 1.82) is 0 Å². The van der Waals surface area contributed by atoms with Crippen molar-refractivity contribution in [2.75, 3.05) is 0 Å². The van der Waals surface area contributed by atoms with Gasteiger partial charge in [0.2, 0.25) is 0 Å². The van der Waals surface area contributed by atoms with Crippen LogP contribution in [0, 0.1) is 0 Å². The van der Waals surface area contributed by atoms with E-state index in [1.165, 1.54) is 70.6 Å². The van der Waals surface area contributed by atoms with Crippen LogP contribution in [-0.2, 0) is 4.74 Å². The van der Waals surface area contributed by atoms with Crippen molar-refractivity contribution in [3.63, 3.8) is 0 Å². The molecule has 4 heteroatoms. The van der Waals surface area contributed by atoms with Crippen molar-refractivity contribution in [3.8, 4) is 0 Å². The van der Waals surface area contributed by atoms with Crippen LogP contribution in [0.4, 0.5) is 0 Å². The summed E-state index contributed by atoms with van der Waals surface area (Å²) in [4.78, 5) is 0. The van der Waals surface area contributed by atoms with Gasteiger partial charge in [-0.3, -0.25) is 0 Å². The van der Waals surface area contributed by atoms with Gasteiger partial charge in [-0.2, -0.15) is 0 Å². The lowest BCUT2D eigenvalue weighted by molar-refractivity contribution is -0.0786. The number of hydrogen-bond donors (Lipinski definition) is 3. The lowest BCUT2D eigenvalue weighted by Crippen LogP contribution is -2.31. The van der Waals surface area contributed by atoms with Gasteiger partial charge in [0.1, 0.15) is 0 Å². The first-order chi connectivity index (χ1) is 17.6. The van der Waals surface area contributed by atoms with Crippen LogP contribution in [0.25, 0.3) is 0 Å². The van der Waals surface area contributed by atoms with Gasteiger partial charge in [-0.1, -0.05) is 116 Å². The molecule has 36 heavy (non-hydrogen) atoms.